The molecule has 2 unspecified atom stereocenters. The number of nitriles is 1. The lowest BCUT2D eigenvalue weighted by Crippen LogP contribution is -2.44. The van der Waals surface area contributed by atoms with E-state index in [-0.39, 0.29) is 25.1 Å². The van der Waals surface area contributed by atoms with Crippen LogP contribution < -0.4 is 4.74 Å². The molecule has 25 heavy (non-hydrogen) atoms. The van der Waals surface area contributed by atoms with E-state index in [9.17, 15) is 9.50 Å². The average molecular weight is 337 g/mol. The summed E-state index contributed by atoms with van der Waals surface area (Å²) in [5.74, 6) is 6.37. The van der Waals surface area contributed by atoms with Gasteiger partial charge in [0.1, 0.15) is 17.5 Å². The summed E-state index contributed by atoms with van der Waals surface area (Å²) in [5, 5.41) is 20.0. The molecule has 0 spiro atoms. The summed E-state index contributed by atoms with van der Waals surface area (Å²) in [4.78, 5) is 3.88. The Hall–Kier alpha value is -2.83. The van der Waals surface area contributed by atoms with Crippen LogP contribution in [0, 0.1) is 23.2 Å². The van der Waals surface area contributed by atoms with Crippen molar-refractivity contribution in [3.8, 4) is 23.7 Å². The maximum Gasteiger partial charge on any atom is 0.177 e. The highest BCUT2D eigenvalue weighted by atomic mass is 19.1. The first-order valence-corrected chi connectivity index (χ1v) is 8.12. The molecule has 1 fully saturated rings. The van der Waals surface area contributed by atoms with E-state index < -0.39 is 17.4 Å². The molecule has 0 amide bonds. The Morgan fingerprint density at radius 3 is 2.96 bits per heavy atom. The fourth-order valence-electron chi connectivity index (χ4n) is 3.07. The Labute approximate surface area is 144 Å². The Morgan fingerprint density at radius 1 is 1.44 bits per heavy atom. The second kappa shape index (κ2) is 5.61. The molecule has 1 aliphatic heterocycles. The molecule has 0 saturated heterocycles. The molecule has 1 aromatic carbocycles. The van der Waals surface area contributed by atoms with Crippen LogP contribution in [0.4, 0.5) is 4.39 Å². The van der Waals surface area contributed by atoms with Gasteiger partial charge in [-0.3, -0.25) is 0 Å². The van der Waals surface area contributed by atoms with E-state index in [2.05, 4.69) is 16.8 Å². The lowest BCUT2D eigenvalue weighted by atomic mass is 9.95. The van der Waals surface area contributed by atoms with Gasteiger partial charge in [0, 0.05) is 6.42 Å². The van der Waals surface area contributed by atoms with Crippen molar-refractivity contribution >= 4 is 0 Å². The van der Waals surface area contributed by atoms with Gasteiger partial charge >= 0.3 is 0 Å². The number of para-hydroxylation sites is 1. The van der Waals surface area contributed by atoms with Crippen molar-refractivity contribution in [2.45, 2.75) is 43.2 Å². The molecule has 0 radical (unpaired) electrons. The van der Waals surface area contributed by atoms with Crippen LogP contribution in [-0.2, 0) is 13.0 Å². The van der Waals surface area contributed by atoms with Crippen molar-refractivity contribution in [1.29, 1.82) is 5.26 Å². The van der Waals surface area contributed by atoms with Crippen LogP contribution in [0.1, 0.15) is 24.1 Å². The molecule has 126 valence electrons. The molecule has 1 aliphatic carbocycles. The van der Waals surface area contributed by atoms with Crippen molar-refractivity contribution < 1.29 is 14.2 Å². The maximum absolute atomic E-state index is 14.8. The predicted octanol–water partition coefficient (Wildman–Crippen LogP) is 2.00. The van der Waals surface area contributed by atoms with Crippen molar-refractivity contribution in [2.75, 3.05) is 0 Å². The molecule has 5 nitrogen and oxygen atoms in total. The van der Waals surface area contributed by atoms with Gasteiger partial charge in [-0.15, -0.1) is 0 Å². The number of fused-ring (bicyclic) bond motifs is 1. The molecule has 1 saturated carbocycles. The summed E-state index contributed by atoms with van der Waals surface area (Å²) in [6, 6.07) is 9.61. The van der Waals surface area contributed by atoms with Crippen molar-refractivity contribution in [1.82, 2.24) is 9.55 Å². The van der Waals surface area contributed by atoms with Crippen LogP contribution >= 0.6 is 0 Å². The Bertz CT molecular complexity index is 891. The number of imidazole rings is 1. The van der Waals surface area contributed by atoms with Gasteiger partial charge in [-0.05, 0) is 24.5 Å². The number of halogens is 1. The molecule has 2 aliphatic rings. The molecule has 1 aromatic heterocycles. The minimum Gasteiger partial charge on any atom is -0.477 e. The lowest BCUT2D eigenvalue weighted by molar-refractivity contribution is -0.0143. The standard InChI is InChI=1S/C19H16FN3O2/c20-18(7-8-18)19(24,12-23-13-22-11-15(23)10-21)6-5-16-9-14-3-1-2-4-17(14)25-16/h1-4,11,13,16,24H,7-9,12H2. The van der Waals surface area contributed by atoms with Gasteiger partial charge in [0.2, 0.25) is 0 Å². The SMILES string of the molecule is N#Cc1cncn1CC(O)(C#CC1Cc2ccccc2O1)C1(F)CC1. The topological polar surface area (TPSA) is 71.1 Å². The first-order valence-electron chi connectivity index (χ1n) is 8.12. The summed E-state index contributed by atoms with van der Waals surface area (Å²) in [7, 11) is 0. The van der Waals surface area contributed by atoms with E-state index >= 15 is 0 Å². The van der Waals surface area contributed by atoms with E-state index in [0.29, 0.717) is 6.42 Å². The summed E-state index contributed by atoms with van der Waals surface area (Å²) < 4.78 is 22.0. The van der Waals surface area contributed by atoms with Gasteiger partial charge in [-0.1, -0.05) is 30.0 Å². The third-order valence-electron chi connectivity index (χ3n) is 4.74. The first kappa shape index (κ1) is 15.7. The predicted molar refractivity (Wildman–Crippen MR) is 87.3 cm³/mol. The zero-order valence-electron chi connectivity index (χ0n) is 13.4. The minimum atomic E-state index is -1.88. The normalized spacial score (nSPS) is 21.9. The van der Waals surface area contributed by atoms with Crippen LogP contribution in [0.25, 0.3) is 0 Å². The molecular formula is C19H16FN3O2. The van der Waals surface area contributed by atoms with Crippen molar-refractivity contribution in [3.63, 3.8) is 0 Å². The quantitative estimate of drug-likeness (QED) is 0.870. The summed E-state index contributed by atoms with van der Waals surface area (Å²) in [6.45, 7) is -0.140. The first-order chi connectivity index (χ1) is 12.0. The van der Waals surface area contributed by atoms with E-state index in [4.69, 9.17) is 10.00 Å². The summed E-state index contributed by atoms with van der Waals surface area (Å²) in [5.41, 5.74) is -2.33. The fraction of sp³-hybridized carbons (Fsp3) is 0.368. The largest absolute Gasteiger partial charge is 0.477 e. The highest BCUT2D eigenvalue weighted by molar-refractivity contribution is 5.40. The number of aliphatic hydroxyl groups is 1. The lowest BCUT2D eigenvalue weighted by Gasteiger charge is -2.27. The third-order valence-corrected chi connectivity index (χ3v) is 4.74. The number of hydrogen-bond donors (Lipinski definition) is 1. The van der Waals surface area contributed by atoms with E-state index in [1.165, 1.54) is 17.1 Å². The van der Waals surface area contributed by atoms with Crippen LogP contribution in [0.15, 0.2) is 36.8 Å². The zero-order valence-corrected chi connectivity index (χ0v) is 13.4. The van der Waals surface area contributed by atoms with E-state index in [1.807, 2.05) is 30.3 Å². The summed E-state index contributed by atoms with van der Waals surface area (Å²) >= 11 is 0. The van der Waals surface area contributed by atoms with Crippen LogP contribution in [0.5, 0.6) is 5.75 Å². The molecule has 2 heterocycles. The summed E-state index contributed by atoms with van der Waals surface area (Å²) in [6.07, 6.45) is 3.47. The number of alkyl halides is 1. The average Bonchev–Trinajstić information content (AvgIpc) is 3.06. The number of aromatic nitrogens is 2. The highest BCUT2D eigenvalue weighted by Crippen LogP contribution is 2.49. The number of nitrogens with zero attached hydrogens (tertiary/aromatic N) is 3. The van der Waals surface area contributed by atoms with Gasteiger partial charge in [-0.2, -0.15) is 5.26 Å². The monoisotopic (exact) mass is 337 g/mol. The molecule has 2 atom stereocenters. The second-order valence-electron chi connectivity index (χ2n) is 6.53. The van der Waals surface area contributed by atoms with Gasteiger partial charge in [0.15, 0.2) is 17.4 Å². The van der Waals surface area contributed by atoms with Gasteiger partial charge < -0.3 is 14.4 Å². The van der Waals surface area contributed by atoms with Gasteiger partial charge in [-0.25, -0.2) is 9.37 Å². The van der Waals surface area contributed by atoms with Gasteiger partial charge in [0.05, 0.1) is 19.1 Å². The number of rotatable bonds is 3. The van der Waals surface area contributed by atoms with E-state index in [1.54, 1.807) is 0 Å². The molecule has 0 bridgehead atoms. The second-order valence-corrected chi connectivity index (χ2v) is 6.53. The van der Waals surface area contributed by atoms with Crippen LogP contribution in [0.2, 0.25) is 0 Å². The Morgan fingerprint density at radius 2 is 2.24 bits per heavy atom. The number of benzene rings is 1. The van der Waals surface area contributed by atoms with Crippen LogP contribution in [-0.4, -0.2) is 32.0 Å². The van der Waals surface area contributed by atoms with Crippen molar-refractivity contribution in [3.05, 3.63) is 48.0 Å². The molecule has 1 N–H and O–H groups in total. The van der Waals surface area contributed by atoms with Crippen molar-refractivity contribution in [2.24, 2.45) is 0 Å². The Balaban J connectivity index is 1.59. The third kappa shape index (κ3) is 2.75. The Kier molecular flexibility index (Phi) is 3.52. The van der Waals surface area contributed by atoms with E-state index in [0.717, 1.165) is 11.3 Å². The number of ether oxygens (including phenoxy) is 1. The van der Waals surface area contributed by atoms with Crippen LogP contribution in [0.3, 0.4) is 0 Å². The molecule has 2 aromatic rings. The number of hydrogen-bond acceptors (Lipinski definition) is 4. The molecular weight excluding hydrogens is 321 g/mol. The smallest absolute Gasteiger partial charge is 0.177 e. The maximum atomic E-state index is 14.8. The molecule has 4 rings (SSSR count). The zero-order chi connectivity index (χ0) is 17.5. The van der Waals surface area contributed by atoms with Gasteiger partial charge in [0.25, 0.3) is 0 Å². The minimum absolute atomic E-state index is 0.140. The molecule has 6 heteroatoms. The highest BCUT2D eigenvalue weighted by Gasteiger charge is 2.60. The fourth-order valence-corrected chi connectivity index (χ4v) is 3.07.